The highest BCUT2D eigenvalue weighted by atomic mass is 35.5. The summed E-state index contributed by atoms with van der Waals surface area (Å²) in [4.78, 5) is 2.56. The van der Waals surface area contributed by atoms with Gasteiger partial charge in [-0.3, -0.25) is 0 Å². The standard InChI is InChI=1S/C14H18N2.ClH/c1-2-4-12(5-3-1)11-16-9-7-13-10-15-8-6-14(13)16;/h1-5,15H,6-11H2;1H. The zero-order chi connectivity index (χ0) is 10.8. The average molecular weight is 251 g/mol. The van der Waals surface area contributed by atoms with Crippen LogP contribution in [-0.2, 0) is 6.54 Å². The van der Waals surface area contributed by atoms with Crippen LogP contribution in [0.1, 0.15) is 18.4 Å². The molecule has 2 aliphatic rings. The Hall–Kier alpha value is -0.990. The van der Waals surface area contributed by atoms with Gasteiger partial charge in [-0.15, -0.1) is 12.4 Å². The topological polar surface area (TPSA) is 15.3 Å². The first-order valence-electron chi connectivity index (χ1n) is 6.14. The zero-order valence-corrected chi connectivity index (χ0v) is 10.8. The van der Waals surface area contributed by atoms with Crippen molar-refractivity contribution in [2.24, 2.45) is 0 Å². The molecule has 0 fully saturated rings. The molecule has 2 heterocycles. The van der Waals surface area contributed by atoms with Gasteiger partial charge in [-0.1, -0.05) is 30.3 Å². The molecule has 3 rings (SSSR count). The van der Waals surface area contributed by atoms with Gasteiger partial charge < -0.3 is 10.2 Å². The molecular formula is C14H19ClN2. The van der Waals surface area contributed by atoms with E-state index in [1.165, 1.54) is 24.9 Å². The Morgan fingerprint density at radius 3 is 2.76 bits per heavy atom. The molecule has 0 radical (unpaired) electrons. The predicted octanol–water partition coefficient (Wildman–Crippen LogP) is 2.56. The second-order valence-electron chi connectivity index (χ2n) is 4.63. The van der Waals surface area contributed by atoms with Crippen molar-refractivity contribution in [1.82, 2.24) is 10.2 Å². The van der Waals surface area contributed by atoms with Crippen LogP contribution < -0.4 is 5.32 Å². The van der Waals surface area contributed by atoms with Crippen LogP contribution >= 0.6 is 12.4 Å². The number of hydrogen-bond donors (Lipinski definition) is 1. The van der Waals surface area contributed by atoms with Gasteiger partial charge in [0.1, 0.15) is 0 Å². The fourth-order valence-electron chi connectivity index (χ4n) is 2.72. The Balaban J connectivity index is 0.00000108. The molecule has 0 unspecified atom stereocenters. The molecule has 0 atom stereocenters. The summed E-state index contributed by atoms with van der Waals surface area (Å²) in [5.74, 6) is 0. The molecule has 0 saturated carbocycles. The number of nitrogens with zero attached hydrogens (tertiary/aromatic N) is 1. The molecule has 1 aromatic rings. The quantitative estimate of drug-likeness (QED) is 0.868. The molecule has 1 N–H and O–H groups in total. The van der Waals surface area contributed by atoms with Crippen molar-refractivity contribution in [3.8, 4) is 0 Å². The summed E-state index contributed by atoms with van der Waals surface area (Å²) in [6.45, 7) is 4.55. The third kappa shape index (κ3) is 2.64. The van der Waals surface area contributed by atoms with Crippen molar-refractivity contribution < 1.29 is 0 Å². The summed E-state index contributed by atoms with van der Waals surface area (Å²) in [5.41, 5.74) is 4.68. The molecule has 0 amide bonds. The first-order chi connectivity index (χ1) is 7.93. The van der Waals surface area contributed by atoms with Crippen molar-refractivity contribution in [2.45, 2.75) is 19.4 Å². The van der Waals surface area contributed by atoms with Crippen LogP contribution in [0.2, 0.25) is 0 Å². The van der Waals surface area contributed by atoms with Crippen LogP contribution in [0.4, 0.5) is 0 Å². The van der Waals surface area contributed by atoms with Crippen LogP contribution in [0.15, 0.2) is 41.6 Å². The molecule has 92 valence electrons. The van der Waals surface area contributed by atoms with E-state index in [0.717, 1.165) is 19.6 Å². The Labute approximate surface area is 109 Å². The number of benzene rings is 1. The fourth-order valence-corrected chi connectivity index (χ4v) is 2.72. The molecule has 17 heavy (non-hydrogen) atoms. The van der Waals surface area contributed by atoms with E-state index in [1.807, 2.05) is 0 Å². The smallest absolute Gasteiger partial charge is 0.0426 e. The molecule has 3 heteroatoms. The summed E-state index contributed by atoms with van der Waals surface area (Å²) in [6.07, 6.45) is 2.47. The molecule has 0 aliphatic carbocycles. The van der Waals surface area contributed by atoms with E-state index in [9.17, 15) is 0 Å². The lowest BCUT2D eigenvalue weighted by molar-refractivity contribution is 0.354. The van der Waals surface area contributed by atoms with Crippen molar-refractivity contribution in [2.75, 3.05) is 19.6 Å². The van der Waals surface area contributed by atoms with Crippen LogP contribution in [0, 0.1) is 0 Å². The van der Waals surface area contributed by atoms with Gasteiger partial charge in [0.2, 0.25) is 0 Å². The normalized spacial score (nSPS) is 18.9. The van der Waals surface area contributed by atoms with Gasteiger partial charge >= 0.3 is 0 Å². The van der Waals surface area contributed by atoms with Crippen molar-refractivity contribution in [3.63, 3.8) is 0 Å². The van der Waals surface area contributed by atoms with E-state index in [-0.39, 0.29) is 12.4 Å². The maximum Gasteiger partial charge on any atom is 0.0426 e. The maximum absolute atomic E-state index is 3.46. The minimum atomic E-state index is 0. The Morgan fingerprint density at radius 1 is 1.12 bits per heavy atom. The lowest BCUT2D eigenvalue weighted by Gasteiger charge is -2.25. The summed E-state index contributed by atoms with van der Waals surface area (Å²) in [6, 6.07) is 10.8. The lowest BCUT2D eigenvalue weighted by atomic mass is 10.1. The summed E-state index contributed by atoms with van der Waals surface area (Å²) < 4.78 is 0. The number of rotatable bonds is 2. The van der Waals surface area contributed by atoms with Crippen molar-refractivity contribution in [1.29, 1.82) is 0 Å². The third-order valence-corrected chi connectivity index (χ3v) is 3.57. The first-order valence-corrected chi connectivity index (χ1v) is 6.14. The molecule has 0 spiro atoms. The van der Waals surface area contributed by atoms with E-state index in [0.29, 0.717) is 0 Å². The molecule has 0 aromatic heterocycles. The van der Waals surface area contributed by atoms with E-state index < -0.39 is 0 Å². The Kier molecular flexibility index (Phi) is 4.08. The van der Waals surface area contributed by atoms with E-state index >= 15 is 0 Å². The minimum absolute atomic E-state index is 0. The highest BCUT2D eigenvalue weighted by Crippen LogP contribution is 2.28. The highest BCUT2D eigenvalue weighted by molar-refractivity contribution is 5.85. The van der Waals surface area contributed by atoms with Crippen molar-refractivity contribution >= 4 is 12.4 Å². The zero-order valence-electron chi connectivity index (χ0n) is 9.98. The summed E-state index contributed by atoms with van der Waals surface area (Å²) >= 11 is 0. The Morgan fingerprint density at radius 2 is 1.94 bits per heavy atom. The average Bonchev–Trinajstić information content (AvgIpc) is 2.74. The highest BCUT2D eigenvalue weighted by Gasteiger charge is 2.23. The number of nitrogens with one attached hydrogen (secondary N) is 1. The summed E-state index contributed by atoms with van der Waals surface area (Å²) in [7, 11) is 0. The van der Waals surface area contributed by atoms with Gasteiger partial charge in [0.05, 0.1) is 0 Å². The first kappa shape index (κ1) is 12.5. The van der Waals surface area contributed by atoms with Gasteiger partial charge in [-0.05, 0) is 24.0 Å². The van der Waals surface area contributed by atoms with E-state index in [2.05, 4.69) is 40.5 Å². The van der Waals surface area contributed by atoms with Crippen LogP contribution in [-0.4, -0.2) is 24.5 Å². The Bertz CT molecular complexity index is 400. The van der Waals surface area contributed by atoms with E-state index in [4.69, 9.17) is 0 Å². The predicted molar refractivity (Wildman–Crippen MR) is 73.2 cm³/mol. The van der Waals surface area contributed by atoms with Gasteiger partial charge in [-0.2, -0.15) is 0 Å². The molecular weight excluding hydrogens is 232 g/mol. The van der Waals surface area contributed by atoms with Crippen LogP contribution in [0.5, 0.6) is 0 Å². The van der Waals surface area contributed by atoms with Crippen LogP contribution in [0.3, 0.4) is 0 Å². The van der Waals surface area contributed by atoms with Crippen molar-refractivity contribution in [3.05, 3.63) is 47.2 Å². The summed E-state index contributed by atoms with van der Waals surface area (Å²) in [5, 5.41) is 3.46. The molecule has 1 aromatic carbocycles. The molecule has 2 nitrogen and oxygen atoms in total. The van der Waals surface area contributed by atoms with Crippen LogP contribution in [0.25, 0.3) is 0 Å². The number of halogens is 1. The molecule has 0 bridgehead atoms. The third-order valence-electron chi connectivity index (χ3n) is 3.57. The molecule has 0 saturated heterocycles. The lowest BCUT2D eigenvalue weighted by Crippen LogP contribution is -2.27. The maximum atomic E-state index is 3.46. The van der Waals surface area contributed by atoms with Gasteiger partial charge in [0.15, 0.2) is 0 Å². The minimum Gasteiger partial charge on any atom is -0.370 e. The second kappa shape index (κ2) is 5.56. The number of hydrogen-bond acceptors (Lipinski definition) is 2. The monoisotopic (exact) mass is 250 g/mol. The van der Waals surface area contributed by atoms with Gasteiger partial charge in [0, 0.05) is 31.9 Å². The largest absolute Gasteiger partial charge is 0.370 e. The SMILES string of the molecule is Cl.c1ccc(CN2CCC3=C2CCNC3)cc1. The fraction of sp³-hybridized carbons (Fsp3) is 0.429. The van der Waals surface area contributed by atoms with Gasteiger partial charge in [-0.25, -0.2) is 0 Å². The van der Waals surface area contributed by atoms with E-state index in [1.54, 1.807) is 11.3 Å². The van der Waals surface area contributed by atoms with Gasteiger partial charge in [0.25, 0.3) is 0 Å². The molecule has 2 aliphatic heterocycles. The second-order valence-corrected chi connectivity index (χ2v) is 4.63.